The van der Waals surface area contributed by atoms with Gasteiger partial charge in [-0.15, -0.1) is 0 Å². The summed E-state index contributed by atoms with van der Waals surface area (Å²) in [6, 6.07) is -0.640. The van der Waals surface area contributed by atoms with Gasteiger partial charge >= 0.3 is 0 Å². The van der Waals surface area contributed by atoms with E-state index < -0.39 is 11.9 Å². The van der Waals surface area contributed by atoms with Gasteiger partial charge in [0, 0.05) is 12.6 Å². The molecule has 0 aliphatic carbocycles. The number of aromatic nitrogens is 2. The quantitative estimate of drug-likeness (QED) is 0.245. The van der Waals surface area contributed by atoms with Crippen LogP contribution >= 0.6 is 0 Å². The molecule has 0 bridgehead atoms. The minimum atomic E-state index is -0.640. The van der Waals surface area contributed by atoms with Crippen molar-refractivity contribution in [2.75, 3.05) is 0 Å². The predicted molar refractivity (Wildman–Crippen MR) is 42.6 cm³/mol. The van der Waals surface area contributed by atoms with Crippen molar-refractivity contribution in [2.24, 2.45) is 11.6 Å². The fourth-order valence-corrected chi connectivity index (χ4v) is 0.828. The summed E-state index contributed by atoms with van der Waals surface area (Å²) in [6.45, 7) is 0. The van der Waals surface area contributed by atoms with E-state index in [-0.39, 0.29) is 0 Å². The average Bonchev–Trinajstić information content (AvgIpc) is 2.55. The fourth-order valence-electron chi connectivity index (χ4n) is 0.828. The summed E-state index contributed by atoms with van der Waals surface area (Å²) in [5, 5.41) is 0. The van der Waals surface area contributed by atoms with E-state index in [1.165, 1.54) is 6.33 Å². The molecule has 1 amide bonds. The summed E-state index contributed by atoms with van der Waals surface area (Å²) in [4.78, 5) is 17.5. The number of H-pyrrole nitrogens is 1. The van der Waals surface area contributed by atoms with Gasteiger partial charge in [0.2, 0.25) is 0 Å². The highest BCUT2D eigenvalue weighted by Gasteiger charge is 2.12. The molecule has 12 heavy (non-hydrogen) atoms. The number of hydrazine groups is 1. The molecule has 0 aliphatic heterocycles. The molecule has 0 saturated heterocycles. The number of nitrogens with one attached hydrogen (secondary N) is 2. The normalized spacial score (nSPS) is 12.5. The lowest BCUT2D eigenvalue weighted by molar-refractivity contribution is -0.122. The first-order chi connectivity index (χ1) is 5.74. The Morgan fingerprint density at radius 3 is 3.08 bits per heavy atom. The smallest absolute Gasteiger partial charge is 0.251 e. The van der Waals surface area contributed by atoms with E-state index in [1.807, 2.05) is 5.43 Å². The molecule has 1 atom stereocenters. The lowest BCUT2D eigenvalue weighted by Crippen LogP contribution is -2.45. The second-order valence-electron chi connectivity index (χ2n) is 2.38. The molecule has 0 saturated carbocycles. The van der Waals surface area contributed by atoms with E-state index in [2.05, 4.69) is 9.97 Å². The fraction of sp³-hybridized carbons (Fsp3) is 0.333. The highest BCUT2D eigenvalue weighted by Crippen LogP contribution is 1.95. The number of nitrogens with two attached hydrogens (primary N) is 2. The molecule has 66 valence electrons. The van der Waals surface area contributed by atoms with Crippen LogP contribution in [0.2, 0.25) is 0 Å². The van der Waals surface area contributed by atoms with Gasteiger partial charge in [0.25, 0.3) is 5.91 Å². The van der Waals surface area contributed by atoms with E-state index in [4.69, 9.17) is 11.6 Å². The summed E-state index contributed by atoms with van der Waals surface area (Å²) >= 11 is 0. The van der Waals surface area contributed by atoms with Crippen molar-refractivity contribution in [3.05, 3.63) is 18.2 Å². The highest BCUT2D eigenvalue weighted by molar-refractivity contribution is 5.81. The number of rotatable bonds is 3. The van der Waals surface area contributed by atoms with Crippen molar-refractivity contribution < 1.29 is 4.79 Å². The van der Waals surface area contributed by atoms with Crippen molar-refractivity contribution in [2.45, 2.75) is 12.5 Å². The Bertz CT molecular complexity index is 244. The first-order valence-electron chi connectivity index (χ1n) is 3.47. The molecule has 1 aromatic rings. The van der Waals surface area contributed by atoms with Crippen molar-refractivity contribution in [1.82, 2.24) is 15.4 Å². The summed E-state index contributed by atoms with van der Waals surface area (Å²) in [7, 11) is 0. The average molecular weight is 169 g/mol. The molecule has 0 spiro atoms. The first-order valence-corrected chi connectivity index (χ1v) is 3.47. The number of hydrogen-bond donors (Lipinski definition) is 4. The van der Waals surface area contributed by atoms with Crippen LogP contribution < -0.4 is 17.0 Å². The minimum absolute atomic E-state index is 0.381. The topological polar surface area (TPSA) is 110 Å². The molecule has 0 fully saturated rings. The van der Waals surface area contributed by atoms with Gasteiger partial charge in [0.1, 0.15) is 0 Å². The zero-order valence-corrected chi connectivity index (χ0v) is 6.45. The molecule has 6 heteroatoms. The predicted octanol–water partition coefficient (Wildman–Crippen LogP) is -1.73. The second-order valence-corrected chi connectivity index (χ2v) is 2.38. The van der Waals surface area contributed by atoms with E-state index in [0.29, 0.717) is 6.42 Å². The van der Waals surface area contributed by atoms with Crippen molar-refractivity contribution >= 4 is 5.91 Å². The maximum absolute atomic E-state index is 10.8. The zero-order chi connectivity index (χ0) is 8.97. The van der Waals surface area contributed by atoms with Crippen LogP contribution in [0.4, 0.5) is 0 Å². The maximum atomic E-state index is 10.8. The summed E-state index contributed by atoms with van der Waals surface area (Å²) in [5.74, 6) is 4.50. The number of imidazole rings is 1. The number of aromatic amines is 1. The Morgan fingerprint density at radius 2 is 2.58 bits per heavy atom. The maximum Gasteiger partial charge on any atom is 0.251 e. The molecule has 0 aliphatic rings. The third-order valence-corrected chi connectivity index (χ3v) is 1.46. The molecule has 1 heterocycles. The third kappa shape index (κ3) is 2.04. The molecule has 6 N–H and O–H groups in total. The SMILES string of the molecule is NNC(=O)[C@@H](N)Cc1c[nH]cn1. The molecule has 1 aromatic heterocycles. The molecule has 0 unspecified atom stereocenters. The van der Waals surface area contributed by atoms with Crippen LogP contribution in [-0.4, -0.2) is 21.9 Å². The Balaban J connectivity index is 2.47. The molecule has 6 nitrogen and oxygen atoms in total. The Labute approximate surface area is 69.3 Å². The lowest BCUT2D eigenvalue weighted by Gasteiger charge is -2.06. The van der Waals surface area contributed by atoms with E-state index in [0.717, 1.165) is 5.69 Å². The summed E-state index contributed by atoms with van der Waals surface area (Å²) < 4.78 is 0. The number of amides is 1. The summed E-state index contributed by atoms with van der Waals surface area (Å²) in [5.41, 5.74) is 8.19. The van der Waals surface area contributed by atoms with Crippen LogP contribution in [0, 0.1) is 0 Å². The molecular formula is C6H11N5O. The van der Waals surface area contributed by atoms with Crippen molar-refractivity contribution in [3.8, 4) is 0 Å². The highest BCUT2D eigenvalue weighted by atomic mass is 16.2. The van der Waals surface area contributed by atoms with Crippen LogP contribution in [0.3, 0.4) is 0 Å². The van der Waals surface area contributed by atoms with E-state index in [1.54, 1.807) is 6.20 Å². The Hall–Kier alpha value is -1.40. The first kappa shape index (κ1) is 8.69. The number of carbonyl (C=O) groups is 1. The minimum Gasteiger partial charge on any atom is -0.351 e. The van der Waals surface area contributed by atoms with Crippen molar-refractivity contribution in [1.29, 1.82) is 0 Å². The van der Waals surface area contributed by atoms with Crippen LogP contribution in [0.25, 0.3) is 0 Å². The Morgan fingerprint density at radius 1 is 1.83 bits per heavy atom. The van der Waals surface area contributed by atoms with Crippen molar-refractivity contribution in [3.63, 3.8) is 0 Å². The number of carbonyl (C=O) groups excluding carboxylic acids is 1. The van der Waals surface area contributed by atoms with Crippen LogP contribution in [0.5, 0.6) is 0 Å². The zero-order valence-electron chi connectivity index (χ0n) is 6.45. The van der Waals surface area contributed by atoms with Gasteiger partial charge in [-0.1, -0.05) is 0 Å². The monoisotopic (exact) mass is 169 g/mol. The van der Waals surface area contributed by atoms with Crippen LogP contribution in [0.1, 0.15) is 5.69 Å². The van der Waals surface area contributed by atoms with Gasteiger partial charge in [-0.25, -0.2) is 10.8 Å². The van der Waals surface area contributed by atoms with Gasteiger partial charge in [0.15, 0.2) is 0 Å². The molecule has 0 aromatic carbocycles. The van der Waals surface area contributed by atoms with Gasteiger partial charge < -0.3 is 10.7 Å². The second kappa shape index (κ2) is 3.84. The lowest BCUT2D eigenvalue weighted by atomic mass is 10.2. The van der Waals surface area contributed by atoms with Crippen LogP contribution in [0.15, 0.2) is 12.5 Å². The molecule has 0 radical (unpaired) electrons. The van der Waals surface area contributed by atoms with Gasteiger partial charge in [-0.3, -0.25) is 10.2 Å². The molecular weight excluding hydrogens is 158 g/mol. The largest absolute Gasteiger partial charge is 0.351 e. The Kier molecular flexibility index (Phi) is 2.78. The van der Waals surface area contributed by atoms with E-state index in [9.17, 15) is 4.79 Å². The van der Waals surface area contributed by atoms with Crippen LogP contribution in [-0.2, 0) is 11.2 Å². The number of nitrogens with zero attached hydrogens (tertiary/aromatic N) is 1. The van der Waals surface area contributed by atoms with Gasteiger partial charge in [-0.2, -0.15) is 0 Å². The standard InChI is InChI=1S/C6H11N5O/c7-5(6(12)11-8)1-4-2-9-3-10-4/h2-3,5H,1,7-8H2,(H,9,10)(H,11,12)/t5-/m0/s1. The van der Waals surface area contributed by atoms with Gasteiger partial charge in [0.05, 0.1) is 18.1 Å². The summed E-state index contributed by atoms with van der Waals surface area (Å²) in [6.07, 6.45) is 3.60. The van der Waals surface area contributed by atoms with Gasteiger partial charge in [-0.05, 0) is 0 Å². The van der Waals surface area contributed by atoms with E-state index >= 15 is 0 Å². The molecule has 1 rings (SSSR count). The third-order valence-electron chi connectivity index (χ3n) is 1.46. The number of hydrogen-bond acceptors (Lipinski definition) is 4.